The summed E-state index contributed by atoms with van der Waals surface area (Å²) < 4.78 is 2.43. The number of rotatable bonds is 8. The van der Waals surface area contributed by atoms with Gasteiger partial charge < -0.3 is 9.47 Å². The van der Waals surface area contributed by atoms with Crippen LogP contribution in [0.5, 0.6) is 0 Å². The van der Waals surface area contributed by atoms with Crippen LogP contribution in [0.15, 0.2) is 231 Å². The smallest absolute Gasteiger partial charge is 0.0542 e. The maximum atomic E-state index is 2.43. The van der Waals surface area contributed by atoms with E-state index in [0.29, 0.717) is 0 Å². The maximum Gasteiger partial charge on any atom is 0.0542 e. The second-order valence-corrected chi connectivity index (χ2v) is 14.2. The minimum absolute atomic E-state index is 1.10. The van der Waals surface area contributed by atoms with Crippen LogP contribution in [0.4, 0.5) is 17.1 Å². The summed E-state index contributed by atoms with van der Waals surface area (Å²) >= 11 is 0. The van der Waals surface area contributed by atoms with E-state index in [9.17, 15) is 0 Å². The van der Waals surface area contributed by atoms with Crippen LogP contribution in [-0.4, -0.2) is 4.57 Å². The largest absolute Gasteiger partial charge is 0.310 e. The highest BCUT2D eigenvalue weighted by molar-refractivity contribution is 6.11. The van der Waals surface area contributed by atoms with E-state index in [0.717, 1.165) is 28.3 Å². The molecule has 0 bridgehead atoms. The van der Waals surface area contributed by atoms with Crippen LogP contribution in [0.2, 0.25) is 0 Å². The summed E-state index contributed by atoms with van der Waals surface area (Å²) in [6.45, 7) is 0. The Labute approximate surface area is 327 Å². The van der Waals surface area contributed by atoms with Crippen molar-refractivity contribution in [1.82, 2.24) is 4.57 Å². The van der Waals surface area contributed by atoms with Crippen molar-refractivity contribution in [3.63, 3.8) is 0 Å². The number of hydrogen-bond acceptors (Lipinski definition) is 1. The first-order chi connectivity index (χ1) is 27.8. The average Bonchev–Trinajstić information content (AvgIpc) is 3.62. The SMILES string of the molecule is c1ccc(-c2ccc(N(c3ccc(-c4ccccc4)cc3)c3ccc4c(c3)c3ccccc3n4-c3cc(-c4ccccc4)cc(-c4ccccc4)c3)cc2)cc1. The lowest BCUT2D eigenvalue weighted by Crippen LogP contribution is -2.10. The standard InChI is InChI=1S/C54H38N2/c1-5-15-39(16-6-1)43-25-29-47(30-26-43)55(48-31-27-44(28-32-48)40-17-7-2-8-18-40)49-33-34-54-52(38-49)51-23-13-14-24-53(51)56(54)50-36-45(41-19-9-3-10-20-41)35-46(37-50)42-21-11-4-12-22-42/h1-38H. The molecule has 264 valence electrons. The fraction of sp³-hybridized carbons (Fsp3) is 0. The lowest BCUT2D eigenvalue weighted by atomic mass is 9.98. The minimum atomic E-state index is 1.10. The van der Waals surface area contributed by atoms with Gasteiger partial charge in [0.2, 0.25) is 0 Å². The number of fused-ring (bicyclic) bond motifs is 3. The van der Waals surface area contributed by atoms with E-state index in [2.05, 4.69) is 240 Å². The number of para-hydroxylation sites is 1. The lowest BCUT2D eigenvalue weighted by Gasteiger charge is -2.26. The zero-order valence-electron chi connectivity index (χ0n) is 30.8. The Bertz CT molecular complexity index is 2770. The van der Waals surface area contributed by atoms with Crippen LogP contribution < -0.4 is 4.90 Å². The molecule has 0 atom stereocenters. The molecule has 0 amide bonds. The molecule has 0 N–H and O–H groups in total. The van der Waals surface area contributed by atoms with Gasteiger partial charge in [0.25, 0.3) is 0 Å². The monoisotopic (exact) mass is 714 g/mol. The maximum absolute atomic E-state index is 2.43. The normalized spacial score (nSPS) is 11.2. The molecule has 0 fully saturated rings. The van der Waals surface area contributed by atoms with Crippen LogP contribution in [0.25, 0.3) is 72.0 Å². The molecule has 0 aliphatic rings. The summed E-state index contributed by atoms with van der Waals surface area (Å²) in [4.78, 5) is 2.37. The Balaban J connectivity index is 1.14. The van der Waals surface area contributed by atoms with E-state index in [1.54, 1.807) is 0 Å². The fourth-order valence-electron chi connectivity index (χ4n) is 8.03. The highest BCUT2D eigenvalue weighted by Crippen LogP contribution is 2.42. The van der Waals surface area contributed by atoms with Crippen LogP contribution in [0, 0.1) is 0 Å². The predicted molar refractivity (Wildman–Crippen MR) is 237 cm³/mol. The molecule has 0 aliphatic carbocycles. The molecule has 56 heavy (non-hydrogen) atoms. The molecule has 0 radical (unpaired) electrons. The molecular formula is C54H38N2. The molecule has 0 aliphatic heterocycles. The van der Waals surface area contributed by atoms with Crippen LogP contribution in [0.1, 0.15) is 0 Å². The van der Waals surface area contributed by atoms with Crippen molar-refractivity contribution in [2.75, 3.05) is 4.90 Å². The first-order valence-electron chi connectivity index (χ1n) is 19.2. The summed E-state index contributed by atoms with van der Waals surface area (Å²) in [6, 6.07) is 83.1. The summed E-state index contributed by atoms with van der Waals surface area (Å²) in [5, 5.41) is 2.42. The third-order valence-electron chi connectivity index (χ3n) is 10.8. The molecule has 0 unspecified atom stereocenters. The second-order valence-electron chi connectivity index (χ2n) is 14.2. The Morgan fingerprint density at radius 3 is 1.11 bits per heavy atom. The van der Waals surface area contributed by atoms with Crippen molar-refractivity contribution >= 4 is 38.9 Å². The zero-order chi connectivity index (χ0) is 37.3. The van der Waals surface area contributed by atoms with E-state index in [1.165, 1.54) is 60.8 Å². The quantitative estimate of drug-likeness (QED) is 0.152. The van der Waals surface area contributed by atoms with Gasteiger partial charge in [0.05, 0.1) is 11.0 Å². The Kier molecular flexibility index (Phi) is 8.55. The fourth-order valence-corrected chi connectivity index (χ4v) is 8.03. The van der Waals surface area contributed by atoms with E-state index in [1.807, 2.05) is 0 Å². The van der Waals surface area contributed by atoms with Gasteiger partial charge in [-0.25, -0.2) is 0 Å². The summed E-state index contributed by atoms with van der Waals surface area (Å²) in [5.41, 5.74) is 16.3. The first kappa shape index (κ1) is 33.2. The van der Waals surface area contributed by atoms with Crippen molar-refractivity contribution in [3.8, 4) is 50.2 Å². The van der Waals surface area contributed by atoms with Gasteiger partial charge in [-0.05, 0) is 111 Å². The van der Waals surface area contributed by atoms with Crippen molar-refractivity contribution in [2.45, 2.75) is 0 Å². The molecule has 2 nitrogen and oxygen atoms in total. The molecule has 0 saturated carbocycles. The van der Waals surface area contributed by atoms with Crippen LogP contribution >= 0.6 is 0 Å². The molecule has 1 aromatic heterocycles. The average molecular weight is 715 g/mol. The molecular weight excluding hydrogens is 677 g/mol. The lowest BCUT2D eigenvalue weighted by molar-refractivity contribution is 1.18. The van der Waals surface area contributed by atoms with E-state index < -0.39 is 0 Å². The molecule has 10 aromatic rings. The van der Waals surface area contributed by atoms with Crippen molar-refractivity contribution in [1.29, 1.82) is 0 Å². The van der Waals surface area contributed by atoms with Gasteiger partial charge in [0.1, 0.15) is 0 Å². The summed E-state index contributed by atoms with van der Waals surface area (Å²) in [7, 11) is 0. The predicted octanol–water partition coefficient (Wildman–Crippen LogP) is 14.9. The third kappa shape index (κ3) is 6.24. The highest BCUT2D eigenvalue weighted by Gasteiger charge is 2.19. The van der Waals surface area contributed by atoms with Gasteiger partial charge in [0, 0.05) is 33.5 Å². The van der Waals surface area contributed by atoms with Crippen LogP contribution in [-0.2, 0) is 0 Å². The van der Waals surface area contributed by atoms with Gasteiger partial charge in [-0.15, -0.1) is 0 Å². The van der Waals surface area contributed by atoms with E-state index >= 15 is 0 Å². The van der Waals surface area contributed by atoms with Gasteiger partial charge in [-0.2, -0.15) is 0 Å². The van der Waals surface area contributed by atoms with E-state index in [-0.39, 0.29) is 0 Å². The second kappa shape index (κ2) is 14.4. The summed E-state index contributed by atoms with van der Waals surface area (Å²) in [5.74, 6) is 0. The third-order valence-corrected chi connectivity index (χ3v) is 10.8. The first-order valence-corrected chi connectivity index (χ1v) is 19.2. The minimum Gasteiger partial charge on any atom is -0.310 e. The topological polar surface area (TPSA) is 8.17 Å². The van der Waals surface area contributed by atoms with Gasteiger partial charge in [0.15, 0.2) is 0 Å². The number of nitrogens with zero attached hydrogens (tertiary/aromatic N) is 2. The van der Waals surface area contributed by atoms with Gasteiger partial charge in [-0.3, -0.25) is 0 Å². The number of aromatic nitrogens is 1. The Morgan fingerprint density at radius 1 is 0.250 bits per heavy atom. The molecule has 1 heterocycles. The number of hydrogen-bond donors (Lipinski definition) is 0. The molecule has 0 saturated heterocycles. The van der Waals surface area contributed by atoms with Crippen LogP contribution in [0.3, 0.4) is 0 Å². The Hall–Kier alpha value is -7.42. The van der Waals surface area contributed by atoms with E-state index in [4.69, 9.17) is 0 Å². The number of anilines is 3. The highest BCUT2D eigenvalue weighted by atomic mass is 15.1. The van der Waals surface area contributed by atoms with Crippen molar-refractivity contribution in [2.24, 2.45) is 0 Å². The zero-order valence-corrected chi connectivity index (χ0v) is 30.8. The molecule has 9 aromatic carbocycles. The van der Waals surface area contributed by atoms with Gasteiger partial charge in [-0.1, -0.05) is 164 Å². The summed E-state index contributed by atoms with van der Waals surface area (Å²) in [6.07, 6.45) is 0. The number of benzene rings is 9. The van der Waals surface area contributed by atoms with Gasteiger partial charge >= 0.3 is 0 Å². The molecule has 0 spiro atoms. The molecule has 2 heteroatoms. The molecule has 10 rings (SSSR count). The van der Waals surface area contributed by atoms with Crippen molar-refractivity contribution < 1.29 is 0 Å². The Morgan fingerprint density at radius 2 is 0.625 bits per heavy atom. The van der Waals surface area contributed by atoms with Crippen molar-refractivity contribution in [3.05, 3.63) is 231 Å².